The summed E-state index contributed by atoms with van der Waals surface area (Å²) in [4.78, 5) is 2.44. The molecule has 0 aliphatic carbocycles. The molecule has 1 aliphatic heterocycles. The van der Waals surface area contributed by atoms with Gasteiger partial charge in [0.05, 0.1) is 17.0 Å². The second-order valence-corrected chi connectivity index (χ2v) is 8.76. The fourth-order valence-corrected chi connectivity index (χ4v) is 4.77. The minimum atomic E-state index is -3.45. The summed E-state index contributed by atoms with van der Waals surface area (Å²) in [5.74, 6) is 2.48. The molecule has 1 fully saturated rings. The van der Waals surface area contributed by atoms with Crippen molar-refractivity contribution in [1.82, 2.24) is 19.4 Å². The van der Waals surface area contributed by atoms with Crippen LogP contribution in [0, 0.1) is 13.8 Å². The van der Waals surface area contributed by atoms with Crippen LogP contribution in [0.15, 0.2) is 50.1 Å². The monoisotopic (exact) mass is 402 g/mol. The number of sulfonamides is 1. The molecule has 0 atom stereocenters. The van der Waals surface area contributed by atoms with Gasteiger partial charge in [0.1, 0.15) is 11.5 Å². The van der Waals surface area contributed by atoms with Gasteiger partial charge in [0.2, 0.25) is 15.9 Å². The number of rotatable bonds is 5. The summed E-state index contributed by atoms with van der Waals surface area (Å²) in [6.45, 7) is 6.29. The Kier molecular flexibility index (Phi) is 5.05. The van der Waals surface area contributed by atoms with Gasteiger partial charge in [-0.05, 0) is 32.0 Å². The zero-order valence-corrected chi connectivity index (χ0v) is 16.6. The summed E-state index contributed by atoms with van der Waals surface area (Å²) in [5.41, 5.74) is 0.801. The highest BCUT2D eigenvalue weighted by molar-refractivity contribution is 7.89. The first kappa shape index (κ1) is 18.9. The van der Waals surface area contributed by atoms with Gasteiger partial charge in [0.25, 0.3) is 5.89 Å². The molecule has 0 spiro atoms. The molecule has 0 bridgehead atoms. The molecular formula is C19H22N4O4S. The average Bonchev–Trinajstić information content (AvgIpc) is 3.28. The molecule has 148 valence electrons. The summed E-state index contributed by atoms with van der Waals surface area (Å²) < 4.78 is 38.2. The summed E-state index contributed by atoms with van der Waals surface area (Å²) in [6.07, 6.45) is 0. The smallest absolute Gasteiger partial charge is 0.251 e. The molecule has 0 radical (unpaired) electrons. The molecule has 9 heteroatoms. The van der Waals surface area contributed by atoms with Gasteiger partial charge in [-0.15, -0.1) is 10.2 Å². The topological polar surface area (TPSA) is 92.7 Å². The van der Waals surface area contributed by atoms with Gasteiger partial charge in [-0.25, -0.2) is 8.42 Å². The maximum absolute atomic E-state index is 12.7. The number of piperazine rings is 1. The molecule has 1 saturated heterocycles. The first-order valence-electron chi connectivity index (χ1n) is 9.11. The van der Waals surface area contributed by atoms with Crippen LogP contribution in [0.5, 0.6) is 0 Å². The highest BCUT2D eigenvalue weighted by atomic mass is 32.2. The lowest BCUT2D eigenvalue weighted by molar-refractivity contribution is 0.168. The van der Waals surface area contributed by atoms with Crippen molar-refractivity contribution in [3.8, 4) is 11.5 Å². The van der Waals surface area contributed by atoms with Crippen LogP contribution in [0.1, 0.15) is 17.4 Å². The highest BCUT2D eigenvalue weighted by Crippen LogP contribution is 2.26. The predicted octanol–water partition coefficient (Wildman–Crippen LogP) is 2.45. The SMILES string of the molecule is Cc1cc(-c2nnc(CN3CCN(S(=O)(=O)c4ccccc4)CC3)o2)c(C)o1. The Balaban J connectivity index is 1.38. The quantitative estimate of drug-likeness (QED) is 0.647. The van der Waals surface area contributed by atoms with Crippen molar-refractivity contribution in [1.29, 1.82) is 0 Å². The lowest BCUT2D eigenvalue weighted by Crippen LogP contribution is -2.48. The Labute approximate surface area is 163 Å². The minimum Gasteiger partial charge on any atom is -0.466 e. The van der Waals surface area contributed by atoms with Crippen molar-refractivity contribution < 1.29 is 17.3 Å². The van der Waals surface area contributed by atoms with Crippen LogP contribution in [0.4, 0.5) is 0 Å². The number of nitrogens with zero attached hydrogens (tertiary/aromatic N) is 4. The molecule has 0 N–H and O–H groups in total. The van der Waals surface area contributed by atoms with E-state index in [1.165, 1.54) is 4.31 Å². The summed E-state index contributed by atoms with van der Waals surface area (Å²) >= 11 is 0. The van der Waals surface area contributed by atoms with E-state index in [-0.39, 0.29) is 0 Å². The maximum Gasteiger partial charge on any atom is 0.251 e. The first-order chi connectivity index (χ1) is 13.4. The average molecular weight is 402 g/mol. The van der Waals surface area contributed by atoms with Crippen molar-refractivity contribution in [2.45, 2.75) is 25.3 Å². The Hall–Kier alpha value is -2.49. The molecule has 4 rings (SSSR count). The van der Waals surface area contributed by atoms with Gasteiger partial charge in [-0.3, -0.25) is 4.90 Å². The zero-order valence-electron chi connectivity index (χ0n) is 15.8. The Morgan fingerprint density at radius 2 is 1.71 bits per heavy atom. The molecule has 8 nitrogen and oxygen atoms in total. The van der Waals surface area contributed by atoms with Crippen LogP contribution >= 0.6 is 0 Å². The van der Waals surface area contributed by atoms with Gasteiger partial charge in [0, 0.05) is 26.2 Å². The molecule has 2 aromatic heterocycles. The van der Waals surface area contributed by atoms with Crippen LogP contribution in [0.25, 0.3) is 11.5 Å². The Bertz CT molecular complexity index is 1050. The molecular weight excluding hydrogens is 380 g/mol. The summed E-state index contributed by atoms with van der Waals surface area (Å²) in [6, 6.07) is 10.4. The van der Waals surface area contributed by atoms with Crippen LogP contribution in [-0.4, -0.2) is 54.0 Å². The van der Waals surface area contributed by atoms with Crippen molar-refractivity contribution in [3.05, 3.63) is 53.8 Å². The van der Waals surface area contributed by atoms with Crippen molar-refractivity contribution in [2.24, 2.45) is 0 Å². The third-order valence-electron chi connectivity index (χ3n) is 4.81. The molecule has 28 heavy (non-hydrogen) atoms. The van der Waals surface area contributed by atoms with E-state index in [9.17, 15) is 8.42 Å². The molecule has 3 heterocycles. The minimum absolute atomic E-state index is 0.329. The summed E-state index contributed by atoms with van der Waals surface area (Å²) in [5, 5.41) is 8.23. The number of aromatic nitrogens is 2. The van der Waals surface area contributed by atoms with Crippen molar-refractivity contribution in [3.63, 3.8) is 0 Å². The normalized spacial score (nSPS) is 16.5. The fourth-order valence-electron chi connectivity index (χ4n) is 3.33. The maximum atomic E-state index is 12.7. The van der Waals surface area contributed by atoms with Gasteiger partial charge < -0.3 is 8.83 Å². The molecule has 1 aromatic carbocycles. The lowest BCUT2D eigenvalue weighted by atomic mass is 10.2. The molecule has 0 unspecified atom stereocenters. The van der Waals surface area contributed by atoms with E-state index in [0.717, 1.165) is 17.1 Å². The Morgan fingerprint density at radius 3 is 2.36 bits per heavy atom. The van der Waals surface area contributed by atoms with Crippen LogP contribution < -0.4 is 0 Å². The van der Waals surface area contributed by atoms with E-state index in [2.05, 4.69) is 15.1 Å². The molecule has 3 aromatic rings. The number of benzene rings is 1. The standard InChI is InChI=1S/C19H22N4O4S/c1-14-12-17(15(2)26-14)19-21-20-18(27-19)13-22-8-10-23(11-9-22)28(24,25)16-6-4-3-5-7-16/h3-7,12H,8-11,13H2,1-2H3. The van der Waals surface area contributed by atoms with E-state index in [0.29, 0.717) is 49.4 Å². The summed E-state index contributed by atoms with van der Waals surface area (Å²) in [7, 11) is -3.45. The van der Waals surface area contributed by atoms with Crippen LogP contribution in [0.3, 0.4) is 0 Å². The zero-order chi connectivity index (χ0) is 19.7. The van der Waals surface area contributed by atoms with Gasteiger partial charge in [0.15, 0.2) is 0 Å². The van der Waals surface area contributed by atoms with Crippen LogP contribution in [-0.2, 0) is 16.6 Å². The van der Waals surface area contributed by atoms with Gasteiger partial charge in [-0.2, -0.15) is 4.31 Å². The molecule has 0 saturated carbocycles. The fraction of sp³-hybridized carbons (Fsp3) is 0.368. The van der Waals surface area contributed by atoms with E-state index >= 15 is 0 Å². The number of hydrogen-bond acceptors (Lipinski definition) is 7. The number of aryl methyl sites for hydroxylation is 2. The second kappa shape index (κ2) is 7.50. The van der Waals surface area contributed by atoms with E-state index < -0.39 is 10.0 Å². The molecule has 0 amide bonds. The number of furan rings is 1. The van der Waals surface area contributed by atoms with Crippen molar-refractivity contribution >= 4 is 10.0 Å². The highest BCUT2D eigenvalue weighted by Gasteiger charge is 2.29. The second-order valence-electron chi connectivity index (χ2n) is 6.82. The lowest BCUT2D eigenvalue weighted by Gasteiger charge is -2.33. The van der Waals surface area contributed by atoms with Crippen molar-refractivity contribution in [2.75, 3.05) is 26.2 Å². The number of hydrogen-bond donors (Lipinski definition) is 0. The Morgan fingerprint density at radius 1 is 1.00 bits per heavy atom. The largest absolute Gasteiger partial charge is 0.466 e. The van der Waals surface area contributed by atoms with E-state index in [4.69, 9.17) is 8.83 Å². The first-order valence-corrected chi connectivity index (χ1v) is 10.5. The molecule has 1 aliphatic rings. The van der Waals surface area contributed by atoms with Gasteiger partial charge >= 0.3 is 0 Å². The van der Waals surface area contributed by atoms with Crippen LogP contribution in [0.2, 0.25) is 0 Å². The third-order valence-corrected chi connectivity index (χ3v) is 6.72. The van der Waals surface area contributed by atoms with E-state index in [1.807, 2.05) is 26.0 Å². The predicted molar refractivity (Wildman–Crippen MR) is 102 cm³/mol. The van der Waals surface area contributed by atoms with E-state index in [1.54, 1.807) is 24.3 Å². The van der Waals surface area contributed by atoms with Gasteiger partial charge in [-0.1, -0.05) is 18.2 Å². The third kappa shape index (κ3) is 3.73.